The van der Waals surface area contributed by atoms with Crippen molar-refractivity contribution in [3.05, 3.63) is 69.6 Å². The predicted octanol–water partition coefficient (Wildman–Crippen LogP) is 6.09. The van der Waals surface area contributed by atoms with E-state index in [0.29, 0.717) is 16.9 Å². The lowest BCUT2D eigenvalue weighted by Crippen LogP contribution is -2.36. The molecule has 0 spiro atoms. The zero-order chi connectivity index (χ0) is 21.8. The van der Waals surface area contributed by atoms with E-state index in [2.05, 4.69) is 34.3 Å². The van der Waals surface area contributed by atoms with Crippen molar-refractivity contribution < 1.29 is 17.6 Å². The summed E-state index contributed by atoms with van der Waals surface area (Å²) in [5, 5.41) is 4.55. The summed E-state index contributed by atoms with van der Waals surface area (Å²) in [5.74, 6) is 4.47. The lowest BCUT2D eigenvalue weighted by Gasteiger charge is -2.31. The van der Waals surface area contributed by atoms with Crippen LogP contribution in [-0.4, -0.2) is 18.0 Å². The molecule has 31 heavy (non-hydrogen) atoms. The number of rotatable bonds is 6. The highest BCUT2D eigenvalue weighted by Gasteiger charge is 2.32. The summed E-state index contributed by atoms with van der Waals surface area (Å²) >= 11 is 0.697. The fourth-order valence-electron chi connectivity index (χ4n) is 3.40. The summed E-state index contributed by atoms with van der Waals surface area (Å²) < 4.78 is 44.1. The van der Waals surface area contributed by atoms with Crippen LogP contribution in [0.2, 0.25) is 0 Å². The normalized spacial score (nSPS) is 15.1. The highest BCUT2D eigenvalue weighted by molar-refractivity contribution is 7.10. The van der Waals surface area contributed by atoms with Gasteiger partial charge in [0.05, 0.1) is 6.04 Å². The number of nitrogens with zero attached hydrogens (tertiary/aromatic N) is 1. The van der Waals surface area contributed by atoms with Crippen molar-refractivity contribution in [2.45, 2.75) is 38.5 Å². The van der Waals surface area contributed by atoms with Crippen molar-refractivity contribution in [1.29, 1.82) is 0 Å². The molecule has 1 fully saturated rings. The molecule has 3 nitrogen and oxygen atoms in total. The van der Waals surface area contributed by atoms with E-state index in [1.54, 1.807) is 0 Å². The molecule has 2 aromatic heterocycles. The third-order valence-corrected chi connectivity index (χ3v) is 6.31. The quantitative estimate of drug-likeness (QED) is 0.369. The smallest absolute Gasteiger partial charge is 0.425 e. The average molecular weight is 445 g/mol. The SMILES string of the molecule is CC(NC#CCc1csc(C(F)(F)F)c1)c1ccc(-c2ccccc2CN2CCC2)o1. The Bertz CT molecular complexity index is 1090. The van der Waals surface area contributed by atoms with Crippen LogP contribution < -0.4 is 5.32 Å². The summed E-state index contributed by atoms with van der Waals surface area (Å²) in [6, 6.07) is 16.0. The molecule has 3 heterocycles. The van der Waals surface area contributed by atoms with E-state index >= 15 is 0 Å². The summed E-state index contributed by atoms with van der Waals surface area (Å²) in [6.45, 7) is 5.14. The molecule has 0 radical (unpaired) electrons. The Hall–Kier alpha value is -2.69. The first-order valence-corrected chi connectivity index (χ1v) is 11.1. The number of furan rings is 1. The molecule has 1 aromatic carbocycles. The molecule has 1 atom stereocenters. The molecule has 1 unspecified atom stereocenters. The monoisotopic (exact) mass is 444 g/mol. The summed E-state index contributed by atoms with van der Waals surface area (Å²) in [5.41, 5.74) is 2.91. The number of thiophene rings is 1. The molecule has 162 valence electrons. The Labute approximate surface area is 183 Å². The van der Waals surface area contributed by atoms with Crippen LogP contribution in [0.1, 0.15) is 41.2 Å². The van der Waals surface area contributed by atoms with Crippen molar-refractivity contribution >= 4 is 11.3 Å². The van der Waals surface area contributed by atoms with E-state index in [1.165, 1.54) is 17.4 Å². The van der Waals surface area contributed by atoms with Crippen molar-refractivity contribution in [3.8, 4) is 23.3 Å². The van der Waals surface area contributed by atoms with E-state index in [9.17, 15) is 13.2 Å². The van der Waals surface area contributed by atoms with Gasteiger partial charge in [0, 0.05) is 24.6 Å². The summed E-state index contributed by atoms with van der Waals surface area (Å²) in [6.07, 6.45) is -2.78. The van der Waals surface area contributed by atoms with E-state index in [0.717, 1.165) is 42.8 Å². The van der Waals surface area contributed by atoms with Gasteiger partial charge in [0.25, 0.3) is 0 Å². The number of likely N-dealkylation sites (tertiary alicyclic amines) is 1. The van der Waals surface area contributed by atoms with Crippen molar-refractivity contribution in [2.24, 2.45) is 0 Å². The molecule has 1 saturated heterocycles. The maximum atomic E-state index is 12.7. The van der Waals surface area contributed by atoms with Gasteiger partial charge in [0.2, 0.25) is 0 Å². The fourth-order valence-corrected chi connectivity index (χ4v) is 4.19. The first-order valence-electron chi connectivity index (χ1n) is 10.2. The average Bonchev–Trinajstić information content (AvgIpc) is 3.38. The van der Waals surface area contributed by atoms with Crippen LogP contribution in [0.3, 0.4) is 0 Å². The molecular formula is C24H23F3N2OS. The Morgan fingerprint density at radius 2 is 2.00 bits per heavy atom. The van der Waals surface area contributed by atoms with Crippen LogP contribution in [0.4, 0.5) is 13.2 Å². The Morgan fingerprint density at radius 3 is 2.71 bits per heavy atom. The van der Waals surface area contributed by atoms with Crippen LogP contribution >= 0.6 is 11.3 Å². The Kier molecular flexibility index (Phi) is 6.40. The molecule has 0 bridgehead atoms. The second kappa shape index (κ2) is 9.21. The molecule has 1 N–H and O–H groups in total. The molecule has 0 saturated carbocycles. The minimum absolute atomic E-state index is 0.142. The van der Waals surface area contributed by atoms with Gasteiger partial charge < -0.3 is 9.73 Å². The molecular weight excluding hydrogens is 421 g/mol. The Balaban J connectivity index is 1.37. The first kappa shape index (κ1) is 21.5. The maximum absolute atomic E-state index is 12.7. The summed E-state index contributed by atoms with van der Waals surface area (Å²) in [4.78, 5) is 1.82. The van der Waals surface area contributed by atoms with Crippen LogP contribution in [-0.2, 0) is 19.1 Å². The zero-order valence-corrected chi connectivity index (χ0v) is 17.9. The zero-order valence-electron chi connectivity index (χ0n) is 17.1. The minimum atomic E-state index is -4.30. The molecule has 4 rings (SSSR count). The predicted molar refractivity (Wildman–Crippen MR) is 116 cm³/mol. The number of halogens is 3. The number of hydrogen-bond acceptors (Lipinski definition) is 4. The third-order valence-electron chi connectivity index (χ3n) is 5.28. The second-order valence-corrected chi connectivity index (χ2v) is 8.56. The number of hydrogen-bond donors (Lipinski definition) is 1. The lowest BCUT2D eigenvalue weighted by atomic mass is 10.0. The van der Waals surface area contributed by atoms with E-state index < -0.39 is 11.1 Å². The highest BCUT2D eigenvalue weighted by Crippen LogP contribution is 2.34. The van der Waals surface area contributed by atoms with E-state index in [-0.39, 0.29) is 12.5 Å². The van der Waals surface area contributed by atoms with Gasteiger partial charge in [-0.05, 0) is 61.1 Å². The van der Waals surface area contributed by atoms with E-state index in [1.807, 2.05) is 31.2 Å². The van der Waals surface area contributed by atoms with Crippen LogP contribution in [0.15, 0.2) is 52.3 Å². The number of alkyl halides is 3. The van der Waals surface area contributed by atoms with Gasteiger partial charge in [0.1, 0.15) is 16.4 Å². The number of nitrogens with one attached hydrogen (secondary N) is 1. The van der Waals surface area contributed by atoms with Gasteiger partial charge in [-0.1, -0.05) is 30.2 Å². The van der Waals surface area contributed by atoms with Crippen LogP contribution in [0, 0.1) is 12.0 Å². The maximum Gasteiger partial charge on any atom is 0.425 e. The van der Waals surface area contributed by atoms with Crippen molar-refractivity contribution in [2.75, 3.05) is 13.1 Å². The third kappa shape index (κ3) is 5.33. The molecule has 3 aromatic rings. The van der Waals surface area contributed by atoms with Gasteiger partial charge in [0.15, 0.2) is 0 Å². The molecule has 0 amide bonds. The van der Waals surface area contributed by atoms with Crippen LogP contribution in [0.5, 0.6) is 0 Å². The molecule has 0 aliphatic carbocycles. The van der Waals surface area contributed by atoms with Crippen molar-refractivity contribution in [3.63, 3.8) is 0 Å². The largest absolute Gasteiger partial charge is 0.459 e. The topological polar surface area (TPSA) is 28.4 Å². The van der Waals surface area contributed by atoms with Crippen LogP contribution in [0.25, 0.3) is 11.3 Å². The molecule has 1 aliphatic heterocycles. The standard InChI is InChI=1S/C24H23F3N2OS/c1-17(28-11-4-6-18-14-23(31-16-18)24(25,26)27)21-9-10-22(30-21)20-8-3-2-7-19(20)15-29-12-5-13-29/h2-3,7-10,14,16-17,28H,5-6,12-13,15H2,1H3. The lowest BCUT2D eigenvalue weighted by molar-refractivity contribution is -0.134. The molecule has 1 aliphatic rings. The van der Waals surface area contributed by atoms with Gasteiger partial charge in [-0.2, -0.15) is 13.2 Å². The minimum Gasteiger partial charge on any atom is -0.459 e. The van der Waals surface area contributed by atoms with Gasteiger partial charge in [-0.25, -0.2) is 0 Å². The summed E-state index contributed by atoms with van der Waals surface area (Å²) in [7, 11) is 0. The second-order valence-electron chi connectivity index (χ2n) is 7.65. The highest BCUT2D eigenvalue weighted by atomic mass is 32.1. The van der Waals surface area contributed by atoms with E-state index in [4.69, 9.17) is 4.42 Å². The molecule has 7 heteroatoms. The first-order chi connectivity index (χ1) is 14.9. The van der Waals surface area contributed by atoms with Gasteiger partial charge in [-0.3, -0.25) is 4.90 Å². The van der Waals surface area contributed by atoms with Crippen molar-refractivity contribution in [1.82, 2.24) is 10.2 Å². The number of benzene rings is 1. The van der Waals surface area contributed by atoms with Gasteiger partial charge >= 0.3 is 6.18 Å². The fraction of sp³-hybridized carbons (Fsp3) is 0.333. The van der Waals surface area contributed by atoms with Gasteiger partial charge in [-0.15, -0.1) is 11.3 Å². The Morgan fingerprint density at radius 1 is 1.19 bits per heavy atom.